The van der Waals surface area contributed by atoms with E-state index in [1.807, 2.05) is 13.0 Å². The Bertz CT molecular complexity index is 1200. The van der Waals surface area contributed by atoms with Crippen molar-refractivity contribution in [2.75, 3.05) is 17.1 Å². The summed E-state index contributed by atoms with van der Waals surface area (Å²) in [5.41, 5.74) is 1.67. The van der Waals surface area contributed by atoms with Gasteiger partial charge in [-0.15, -0.1) is 0 Å². The highest BCUT2D eigenvalue weighted by Crippen LogP contribution is 2.28. The van der Waals surface area contributed by atoms with Crippen molar-refractivity contribution in [1.82, 2.24) is 0 Å². The number of amides is 1. The summed E-state index contributed by atoms with van der Waals surface area (Å²) in [6.45, 7) is 3.47. The molecule has 32 heavy (non-hydrogen) atoms. The standard InChI is InChI=1S/C23H23ClN2O5S/c1-15-4-13-22(30-3)21(14-15)26-32(28,29)20-11-7-18(8-12-20)25-23(27)16(2)31-19-9-5-17(24)6-10-19/h4-14,16,26H,1-3H3,(H,25,27)/t16-/m0/s1. The number of hydrogen-bond donors (Lipinski definition) is 2. The van der Waals surface area contributed by atoms with Crippen molar-refractivity contribution in [3.05, 3.63) is 77.3 Å². The number of ether oxygens (including phenoxy) is 2. The first-order valence-corrected chi connectivity index (χ1v) is 11.5. The number of carbonyl (C=O) groups excluding carboxylic acids is 1. The molecule has 9 heteroatoms. The number of carbonyl (C=O) groups is 1. The summed E-state index contributed by atoms with van der Waals surface area (Å²) in [4.78, 5) is 12.4. The van der Waals surface area contributed by atoms with Gasteiger partial charge < -0.3 is 14.8 Å². The number of benzene rings is 3. The Hall–Kier alpha value is -3.23. The summed E-state index contributed by atoms with van der Waals surface area (Å²) in [5.74, 6) is 0.548. The van der Waals surface area contributed by atoms with Crippen LogP contribution < -0.4 is 19.5 Å². The Kier molecular flexibility index (Phi) is 7.27. The van der Waals surface area contributed by atoms with Gasteiger partial charge in [-0.1, -0.05) is 17.7 Å². The molecule has 2 N–H and O–H groups in total. The van der Waals surface area contributed by atoms with Crippen LogP contribution in [0.4, 0.5) is 11.4 Å². The minimum atomic E-state index is -3.85. The molecule has 1 amide bonds. The lowest BCUT2D eigenvalue weighted by Crippen LogP contribution is -2.30. The number of hydrogen-bond acceptors (Lipinski definition) is 5. The van der Waals surface area contributed by atoms with E-state index in [0.717, 1.165) is 5.56 Å². The summed E-state index contributed by atoms with van der Waals surface area (Å²) in [7, 11) is -2.38. The summed E-state index contributed by atoms with van der Waals surface area (Å²) in [6, 6.07) is 17.7. The summed E-state index contributed by atoms with van der Waals surface area (Å²) in [6.07, 6.45) is -0.768. The maximum absolute atomic E-state index is 12.8. The van der Waals surface area contributed by atoms with Crippen LogP contribution >= 0.6 is 11.6 Å². The molecule has 3 aromatic carbocycles. The zero-order valence-corrected chi connectivity index (χ0v) is 19.3. The Labute approximate surface area is 192 Å². The molecule has 0 radical (unpaired) electrons. The number of halogens is 1. The summed E-state index contributed by atoms with van der Waals surface area (Å²) >= 11 is 5.84. The highest BCUT2D eigenvalue weighted by molar-refractivity contribution is 7.92. The average molecular weight is 475 g/mol. The predicted molar refractivity (Wildman–Crippen MR) is 125 cm³/mol. The van der Waals surface area contributed by atoms with Gasteiger partial charge in [0.1, 0.15) is 11.5 Å². The minimum Gasteiger partial charge on any atom is -0.495 e. The van der Waals surface area contributed by atoms with Crippen LogP contribution in [0.15, 0.2) is 71.6 Å². The zero-order valence-electron chi connectivity index (χ0n) is 17.8. The number of aryl methyl sites for hydroxylation is 1. The Morgan fingerprint density at radius 3 is 2.28 bits per heavy atom. The lowest BCUT2D eigenvalue weighted by Gasteiger charge is -2.15. The van der Waals surface area contributed by atoms with Crippen molar-refractivity contribution >= 4 is 38.9 Å². The zero-order chi connectivity index (χ0) is 23.3. The molecule has 3 aromatic rings. The molecule has 3 rings (SSSR count). The molecule has 0 aromatic heterocycles. The van der Waals surface area contributed by atoms with Crippen molar-refractivity contribution < 1.29 is 22.7 Å². The molecule has 0 saturated carbocycles. The second-order valence-corrected chi connectivity index (χ2v) is 9.16. The molecule has 7 nitrogen and oxygen atoms in total. The van der Waals surface area contributed by atoms with Gasteiger partial charge in [0, 0.05) is 10.7 Å². The largest absolute Gasteiger partial charge is 0.495 e. The maximum Gasteiger partial charge on any atom is 0.265 e. The first kappa shape index (κ1) is 23.4. The van der Waals surface area contributed by atoms with Crippen LogP contribution in [0.1, 0.15) is 12.5 Å². The van der Waals surface area contributed by atoms with Crippen LogP contribution in [0, 0.1) is 6.92 Å². The van der Waals surface area contributed by atoms with E-state index in [4.69, 9.17) is 21.1 Å². The molecule has 0 unspecified atom stereocenters. The van der Waals surface area contributed by atoms with Gasteiger partial charge in [0.2, 0.25) is 0 Å². The Morgan fingerprint density at radius 2 is 1.66 bits per heavy atom. The van der Waals surface area contributed by atoms with Crippen LogP contribution in [0.25, 0.3) is 0 Å². The van der Waals surface area contributed by atoms with E-state index in [1.165, 1.54) is 31.4 Å². The second kappa shape index (κ2) is 9.93. The van der Waals surface area contributed by atoms with E-state index in [0.29, 0.717) is 27.9 Å². The second-order valence-electron chi connectivity index (χ2n) is 7.04. The van der Waals surface area contributed by atoms with Crippen LogP contribution in [-0.2, 0) is 14.8 Å². The van der Waals surface area contributed by atoms with E-state index in [1.54, 1.807) is 43.3 Å². The van der Waals surface area contributed by atoms with Gasteiger partial charge in [-0.2, -0.15) is 0 Å². The number of sulfonamides is 1. The van der Waals surface area contributed by atoms with Gasteiger partial charge in [0.25, 0.3) is 15.9 Å². The van der Waals surface area contributed by atoms with Gasteiger partial charge in [-0.05, 0) is 80.1 Å². The average Bonchev–Trinajstić information content (AvgIpc) is 2.75. The molecule has 168 valence electrons. The van der Waals surface area contributed by atoms with Gasteiger partial charge in [0.15, 0.2) is 6.10 Å². The number of methoxy groups -OCH3 is 1. The fourth-order valence-corrected chi connectivity index (χ4v) is 4.02. The van der Waals surface area contributed by atoms with Gasteiger partial charge in [-0.25, -0.2) is 8.42 Å². The molecule has 0 bridgehead atoms. The topological polar surface area (TPSA) is 93.7 Å². The number of nitrogens with one attached hydrogen (secondary N) is 2. The summed E-state index contributed by atoms with van der Waals surface area (Å²) < 4.78 is 38.9. The molecule has 0 aliphatic heterocycles. The molecule has 0 aliphatic carbocycles. The SMILES string of the molecule is COc1ccc(C)cc1NS(=O)(=O)c1ccc(NC(=O)[C@H](C)Oc2ccc(Cl)cc2)cc1. The van der Waals surface area contributed by atoms with Crippen molar-refractivity contribution in [1.29, 1.82) is 0 Å². The first-order chi connectivity index (χ1) is 15.2. The molecule has 0 heterocycles. The Morgan fingerprint density at radius 1 is 1.00 bits per heavy atom. The van der Waals surface area contributed by atoms with Gasteiger partial charge in [-0.3, -0.25) is 9.52 Å². The first-order valence-electron chi connectivity index (χ1n) is 9.68. The minimum absolute atomic E-state index is 0.0459. The van der Waals surface area contributed by atoms with Crippen molar-refractivity contribution in [2.45, 2.75) is 24.8 Å². The van der Waals surface area contributed by atoms with E-state index in [-0.39, 0.29) is 10.8 Å². The highest BCUT2D eigenvalue weighted by Gasteiger charge is 2.18. The third-order valence-corrected chi connectivity index (χ3v) is 6.16. The van der Waals surface area contributed by atoms with Gasteiger partial charge in [0.05, 0.1) is 17.7 Å². The fraction of sp³-hybridized carbons (Fsp3) is 0.174. The molecule has 0 saturated heterocycles. The van der Waals surface area contributed by atoms with E-state index >= 15 is 0 Å². The van der Waals surface area contributed by atoms with Crippen LogP contribution in [0.3, 0.4) is 0 Å². The molecule has 0 aliphatic rings. The molecular weight excluding hydrogens is 452 g/mol. The molecule has 1 atom stereocenters. The van der Waals surface area contributed by atoms with Crippen molar-refractivity contribution in [2.24, 2.45) is 0 Å². The van der Waals surface area contributed by atoms with E-state index in [9.17, 15) is 13.2 Å². The molecule has 0 fully saturated rings. The monoisotopic (exact) mass is 474 g/mol. The molecule has 0 spiro atoms. The summed E-state index contributed by atoms with van der Waals surface area (Å²) in [5, 5.41) is 3.27. The lowest BCUT2D eigenvalue weighted by atomic mass is 10.2. The third-order valence-electron chi connectivity index (χ3n) is 4.53. The molecular formula is C23H23ClN2O5S. The van der Waals surface area contributed by atoms with Crippen LogP contribution in [0.5, 0.6) is 11.5 Å². The smallest absolute Gasteiger partial charge is 0.265 e. The number of anilines is 2. The van der Waals surface area contributed by atoms with Crippen LogP contribution in [-0.4, -0.2) is 27.5 Å². The van der Waals surface area contributed by atoms with E-state index < -0.39 is 16.1 Å². The fourth-order valence-electron chi connectivity index (χ4n) is 2.84. The lowest BCUT2D eigenvalue weighted by molar-refractivity contribution is -0.122. The predicted octanol–water partition coefficient (Wildman–Crippen LogP) is 4.86. The highest BCUT2D eigenvalue weighted by atomic mass is 35.5. The third kappa shape index (κ3) is 5.93. The van der Waals surface area contributed by atoms with Crippen molar-refractivity contribution in [3.63, 3.8) is 0 Å². The quantitative estimate of drug-likeness (QED) is 0.486. The number of rotatable bonds is 8. The van der Waals surface area contributed by atoms with E-state index in [2.05, 4.69) is 10.0 Å². The van der Waals surface area contributed by atoms with Crippen LogP contribution in [0.2, 0.25) is 5.02 Å². The normalized spacial score (nSPS) is 12.0. The van der Waals surface area contributed by atoms with Crippen molar-refractivity contribution in [3.8, 4) is 11.5 Å². The maximum atomic E-state index is 12.8. The Balaban J connectivity index is 1.66. The van der Waals surface area contributed by atoms with Gasteiger partial charge >= 0.3 is 0 Å².